The van der Waals surface area contributed by atoms with Gasteiger partial charge >= 0.3 is 0 Å². The largest absolute Gasteiger partial charge is 0.456 e. The van der Waals surface area contributed by atoms with Crippen LogP contribution < -0.4 is 0 Å². The highest BCUT2D eigenvalue weighted by Gasteiger charge is 2.21. The van der Waals surface area contributed by atoms with Crippen molar-refractivity contribution in [3.63, 3.8) is 0 Å². The van der Waals surface area contributed by atoms with Crippen molar-refractivity contribution >= 4 is 54.3 Å². The lowest BCUT2D eigenvalue weighted by atomic mass is 9.83. The summed E-state index contributed by atoms with van der Waals surface area (Å²) >= 11 is 0. The molecule has 1 heteroatoms. The number of benzene rings is 10. The predicted molar refractivity (Wildman–Crippen MR) is 233 cm³/mol. The Morgan fingerprint density at radius 2 is 0.673 bits per heavy atom. The van der Waals surface area contributed by atoms with E-state index in [0.717, 1.165) is 27.5 Å². The maximum atomic E-state index is 6.49. The molecule has 0 N–H and O–H groups in total. The molecule has 0 aliphatic carbocycles. The first-order valence-corrected chi connectivity index (χ1v) is 18.9. The van der Waals surface area contributed by atoms with Crippen molar-refractivity contribution < 1.29 is 4.42 Å². The normalized spacial score (nSPS) is 11.6. The third-order valence-corrected chi connectivity index (χ3v) is 11.3. The molecule has 1 heterocycles. The second kappa shape index (κ2) is 12.7. The molecule has 0 saturated heterocycles. The number of hydrogen-bond acceptors (Lipinski definition) is 1. The lowest BCUT2D eigenvalue weighted by Crippen LogP contribution is -1.93. The van der Waals surface area contributed by atoms with Gasteiger partial charge in [0.2, 0.25) is 0 Å². The summed E-state index contributed by atoms with van der Waals surface area (Å²) in [4.78, 5) is 0. The molecule has 0 unspecified atom stereocenters. The third kappa shape index (κ3) is 5.01. The van der Waals surface area contributed by atoms with Crippen LogP contribution in [0, 0.1) is 0 Å². The van der Waals surface area contributed by atoms with E-state index in [2.05, 4.69) is 200 Å². The number of fused-ring (bicyclic) bond motifs is 6. The van der Waals surface area contributed by atoms with Crippen molar-refractivity contribution in [3.8, 4) is 55.6 Å². The van der Waals surface area contributed by atoms with Gasteiger partial charge in [0.05, 0.1) is 0 Å². The van der Waals surface area contributed by atoms with Crippen LogP contribution in [0.15, 0.2) is 211 Å². The van der Waals surface area contributed by atoms with Gasteiger partial charge in [-0.2, -0.15) is 0 Å². The van der Waals surface area contributed by atoms with Gasteiger partial charge in [-0.15, -0.1) is 0 Å². The van der Waals surface area contributed by atoms with Crippen LogP contribution in [0.4, 0.5) is 0 Å². The SMILES string of the molecule is c1ccc(-c2ccc(-c3c(-c4cccc5c(-c6c7ccccc7c(-c7ccccc7)c7ccccc67)cccc45)ccc4oc5ccccc5c34)cc2)cc1. The van der Waals surface area contributed by atoms with Crippen molar-refractivity contribution in [2.45, 2.75) is 0 Å². The van der Waals surface area contributed by atoms with Crippen LogP contribution in [0.1, 0.15) is 0 Å². The van der Waals surface area contributed by atoms with Gasteiger partial charge in [-0.25, -0.2) is 0 Å². The molecule has 0 aliphatic heterocycles. The van der Waals surface area contributed by atoms with E-state index in [1.165, 1.54) is 82.4 Å². The van der Waals surface area contributed by atoms with Gasteiger partial charge in [-0.1, -0.05) is 188 Å². The number of furan rings is 1. The topological polar surface area (TPSA) is 13.1 Å². The Morgan fingerprint density at radius 1 is 0.218 bits per heavy atom. The van der Waals surface area contributed by atoms with Crippen LogP contribution in [-0.4, -0.2) is 0 Å². The van der Waals surface area contributed by atoms with E-state index in [-0.39, 0.29) is 0 Å². The molecule has 1 aromatic heterocycles. The van der Waals surface area contributed by atoms with Gasteiger partial charge in [0.25, 0.3) is 0 Å². The van der Waals surface area contributed by atoms with E-state index >= 15 is 0 Å². The molecule has 0 aliphatic rings. The monoisotopic (exact) mass is 698 g/mol. The van der Waals surface area contributed by atoms with E-state index in [0.29, 0.717) is 0 Å². The van der Waals surface area contributed by atoms with E-state index in [1.54, 1.807) is 0 Å². The lowest BCUT2D eigenvalue weighted by molar-refractivity contribution is 0.669. The second-order valence-electron chi connectivity index (χ2n) is 14.3. The molecule has 55 heavy (non-hydrogen) atoms. The molecular formula is C54H34O. The number of para-hydroxylation sites is 1. The molecule has 0 radical (unpaired) electrons. The highest BCUT2D eigenvalue weighted by atomic mass is 16.3. The first-order valence-electron chi connectivity index (χ1n) is 18.9. The highest BCUT2D eigenvalue weighted by molar-refractivity contribution is 6.24. The maximum absolute atomic E-state index is 6.49. The summed E-state index contributed by atoms with van der Waals surface area (Å²) in [5, 5.41) is 9.73. The highest BCUT2D eigenvalue weighted by Crippen LogP contribution is 2.48. The van der Waals surface area contributed by atoms with Crippen LogP contribution in [0.25, 0.3) is 110 Å². The molecule has 0 spiro atoms. The minimum absolute atomic E-state index is 0.893. The Kier molecular flexibility index (Phi) is 7.25. The molecule has 0 saturated carbocycles. The number of hydrogen-bond donors (Lipinski definition) is 0. The fraction of sp³-hybridized carbons (Fsp3) is 0. The average molecular weight is 699 g/mol. The van der Waals surface area contributed by atoms with Crippen LogP contribution in [-0.2, 0) is 0 Å². The van der Waals surface area contributed by atoms with Gasteiger partial charge in [0, 0.05) is 16.3 Å². The summed E-state index contributed by atoms with van der Waals surface area (Å²) in [6.07, 6.45) is 0. The maximum Gasteiger partial charge on any atom is 0.136 e. The first kappa shape index (κ1) is 31.3. The summed E-state index contributed by atoms with van der Waals surface area (Å²) in [7, 11) is 0. The predicted octanol–water partition coefficient (Wildman–Crippen LogP) is 15.4. The zero-order chi connectivity index (χ0) is 36.3. The Labute approximate surface area is 319 Å². The average Bonchev–Trinajstić information content (AvgIpc) is 3.64. The molecule has 0 amide bonds. The summed E-state index contributed by atoms with van der Waals surface area (Å²) in [6.45, 7) is 0. The molecule has 11 aromatic rings. The van der Waals surface area contributed by atoms with Gasteiger partial charge < -0.3 is 4.42 Å². The standard InChI is InChI=1S/C54H34O/c1-3-15-35(16-4-1)36-29-31-38(32-30-36)52-47(33-34-50-54(52)48-23-11-12-28-49(48)55-50)41-26-13-25-40-39(41)24-14-27-42(40)53-45-21-9-7-19-43(45)51(37-17-5-2-6-18-37)44-20-8-10-22-46(44)53/h1-34H. The van der Waals surface area contributed by atoms with Gasteiger partial charge in [-0.3, -0.25) is 0 Å². The summed E-state index contributed by atoms with van der Waals surface area (Å²) in [5.74, 6) is 0. The summed E-state index contributed by atoms with van der Waals surface area (Å²) in [6, 6.07) is 74.7. The fourth-order valence-corrected chi connectivity index (χ4v) is 8.90. The zero-order valence-electron chi connectivity index (χ0n) is 30.0. The Balaban J connectivity index is 1.18. The van der Waals surface area contributed by atoms with Gasteiger partial charge in [-0.05, 0) is 101 Å². The smallest absolute Gasteiger partial charge is 0.136 e. The van der Waals surface area contributed by atoms with E-state index < -0.39 is 0 Å². The lowest BCUT2D eigenvalue weighted by Gasteiger charge is -2.20. The molecule has 1 nitrogen and oxygen atoms in total. The Morgan fingerprint density at radius 3 is 1.33 bits per heavy atom. The van der Waals surface area contributed by atoms with Crippen molar-refractivity contribution in [2.24, 2.45) is 0 Å². The van der Waals surface area contributed by atoms with Crippen molar-refractivity contribution in [1.82, 2.24) is 0 Å². The fourth-order valence-electron chi connectivity index (χ4n) is 8.90. The summed E-state index contributed by atoms with van der Waals surface area (Å²) in [5.41, 5.74) is 13.9. The third-order valence-electron chi connectivity index (χ3n) is 11.3. The zero-order valence-corrected chi connectivity index (χ0v) is 30.0. The molecular weight excluding hydrogens is 665 g/mol. The van der Waals surface area contributed by atoms with Gasteiger partial charge in [0.1, 0.15) is 11.2 Å². The minimum Gasteiger partial charge on any atom is -0.456 e. The molecule has 256 valence electrons. The minimum atomic E-state index is 0.893. The Bertz CT molecular complexity index is 3170. The van der Waals surface area contributed by atoms with Crippen LogP contribution in [0.2, 0.25) is 0 Å². The molecule has 0 bridgehead atoms. The van der Waals surface area contributed by atoms with Crippen LogP contribution in [0.3, 0.4) is 0 Å². The quantitative estimate of drug-likeness (QED) is 0.163. The Hall–Kier alpha value is -7.22. The molecule has 0 atom stereocenters. The molecule has 11 rings (SSSR count). The van der Waals surface area contributed by atoms with Gasteiger partial charge in [0.15, 0.2) is 0 Å². The van der Waals surface area contributed by atoms with Crippen molar-refractivity contribution in [2.75, 3.05) is 0 Å². The molecule has 0 fully saturated rings. The summed E-state index contributed by atoms with van der Waals surface area (Å²) < 4.78 is 6.49. The number of rotatable bonds is 5. The van der Waals surface area contributed by atoms with E-state index in [9.17, 15) is 0 Å². The van der Waals surface area contributed by atoms with E-state index in [4.69, 9.17) is 4.42 Å². The van der Waals surface area contributed by atoms with E-state index in [1.807, 2.05) is 6.07 Å². The van der Waals surface area contributed by atoms with Crippen molar-refractivity contribution in [3.05, 3.63) is 206 Å². The second-order valence-corrected chi connectivity index (χ2v) is 14.3. The van der Waals surface area contributed by atoms with Crippen molar-refractivity contribution in [1.29, 1.82) is 0 Å². The molecule has 10 aromatic carbocycles. The van der Waals surface area contributed by atoms with Crippen LogP contribution in [0.5, 0.6) is 0 Å². The van der Waals surface area contributed by atoms with Crippen LogP contribution >= 0.6 is 0 Å². The first-order chi connectivity index (χ1) is 27.3.